The maximum absolute atomic E-state index is 12.1. The van der Waals surface area contributed by atoms with E-state index >= 15 is 0 Å². The number of unbranched alkanes of at least 4 members (excludes halogenated alkanes) is 2. The molecular formula is C35H42O7. The van der Waals surface area contributed by atoms with Crippen LogP contribution in [-0.2, 0) is 12.8 Å². The number of benzene rings is 3. The fourth-order valence-corrected chi connectivity index (χ4v) is 7.19. The van der Waals surface area contributed by atoms with Crippen LogP contribution in [0, 0.1) is 0 Å². The molecular weight excluding hydrogens is 532 g/mol. The molecule has 1 saturated carbocycles. The smallest absolute Gasteiger partial charge is 0.200 e. The molecule has 7 nitrogen and oxygen atoms in total. The molecule has 224 valence electrons. The summed E-state index contributed by atoms with van der Waals surface area (Å²) in [7, 11) is 3.19. The summed E-state index contributed by atoms with van der Waals surface area (Å²) in [6, 6.07) is 11.0. The number of aliphatic hydroxyl groups excluding tert-OH is 1. The highest BCUT2D eigenvalue weighted by atomic mass is 16.5. The predicted molar refractivity (Wildman–Crippen MR) is 161 cm³/mol. The second kappa shape index (κ2) is 12.0. The summed E-state index contributed by atoms with van der Waals surface area (Å²) in [6.45, 7) is 2.19. The zero-order valence-corrected chi connectivity index (χ0v) is 24.8. The number of methoxy groups -OCH3 is 2. The molecule has 1 aliphatic heterocycles. The van der Waals surface area contributed by atoms with Crippen LogP contribution in [0.25, 0.3) is 11.1 Å². The van der Waals surface area contributed by atoms with E-state index in [4.69, 9.17) is 18.9 Å². The van der Waals surface area contributed by atoms with Gasteiger partial charge in [0.2, 0.25) is 5.75 Å². The van der Waals surface area contributed by atoms with Crippen molar-refractivity contribution in [2.75, 3.05) is 14.2 Å². The number of phenols is 2. The third-order valence-corrected chi connectivity index (χ3v) is 9.30. The van der Waals surface area contributed by atoms with Gasteiger partial charge in [0.05, 0.1) is 20.3 Å². The Kier molecular flexibility index (Phi) is 8.13. The summed E-state index contributed by atoms with van der Waals surface area (Å²) >= 11 is 0. The van der Waals surface area contributed by atoms with E-state index in [1.54, 1.807) is 25.3 Å². The quantitative estimate of drug-likeness (QED) is 0.230. The first-order valence-corrected chi connectivity index (χ1v) is 15.4. The maximum atomic E-state index is 12.1. The maximum Gasteiger partial charge on any atom is 0.200 e. The number of rotatable bonds is 9. The standard InChI is InChI=1S/C35H42O7/c1-4-5-6-11-26-32-25-14-12-20-16-22(36)13-15-24(20)31(25)27(39-2)19-28(32)42-35(33(26)37)21-17-29(40-3)34(38)30(18-21)41-23-9-7-8-10-23/h13,15-19,23,26,33,35-38H,4-12,14H2,1-3H3. The van der Waals surface area contributed by atoms with Crippen molar-refractivity contribution in [3.8, 4) is 45.6 Å². The topological polar surface area (TPSA) is 97.6 Å². The van der Waals surface area contributed by atoms with Crippen molar-refractivity contribution in [3.63, 3.8) is 0 Å². The molecule has 0 saturated heterocycles. The van der Waals surface area contributed by atoms with Crippen molar-refractivity contribution in [3.05, 3.63) is 58.7 Å². The van der Waals surface area contributed by atoms with Gasteiger partial charge in [-0.05, 0) is 85.9 Å². The summed E-state index contributed by atoms with van der Waals surface area (Å²) in [5.74, 6) is 2.17. The van der Waals surface area contributed by atoms with Crippen LogP contribution in [0.2, 0.25) is 0 Å². The number of aryl methyl sites for hydroxylation is 1. The van der Waals surface area contributed by atoms with Gasteiger partial charge in [-0.1, -0.05) is 32.3 Å². The Morgan fingerprint density at radius 1 is 0.905 bits per heavy atom. The normalized spacial score (nSPS) is 21.2. The van der Waals surface area contributed by atoms with Gasteiger partial charge in [-0.25, -0.2) is 0 Å². The number of aliphatic hydroxyl groups is 1. The van der Waals surface area contributed by atoms with Gasteiger partial charge < -0.3 is 34.3 Å². The molecule has 1 heterocycles. The Morgan fingerprint density at radius 2 is 1.67 bits per heavy atom. The summed E-state index contributed by atoms with van der Waals surface area (Å²) in [5.41, 5.74) is 6.06. The minimum Gasteiger partial charge on any atom is -0.508 e. The number of fused-ring (bicyclic) bond motifs is 5. The average Bonchev–Trinajstić information content (AvgIpc) is 3.51. The number of hydrogen-bond donors (Lipinski definition) is 3. The lowest BCUT2D eigenvalue weighted by Crippen LogP contribution is -2.36. The van der Waals surface area contributed by atoms with Gasteiger partial charge in [-0.3, -0.25) is 0 Å². The molecule has 2 aliphatic carbocycles. The predicted octanol–water partition coefficient (Wildman–Crippen LogP) is 7.36. The van der Waals surface area contributed by atoms with E-state index < -0.39 is 12.2 Å². The largest absolute Gasteiger partial charge is 0.508 e. The van der Waals surface area contributed by atoms with Crippen molar-refractivity contribution in [1.29, 1.82) is 0 Å². The molecule has 7 heteroatoms. The Morgan fingerprint density at radius 3 is 2.40 bits per heavy atom. The second-order valence-electron chi connectivity index (χ2n) is 11.9. The Labute approximate surface area is 248 Å². The molecule has 0 radical (unpaired) electrons. The van der Waals surface area contributed by atoms with Gasteiger partial charge in [0.15, 0.2) is 17.6 Å². The second-order valence-corrected chi connectivity index (χ2v) is 11.9. The molecule has 3 unspecified atom stereocenters. The van der Waals surface area contributed by atoms with Crippen molar-refractivity contribution in [2.45, 2.75) is 95.4 Å². The summed E-state index contributed by atoms with van der Waals surface area (Å²) in [6.07, 6.45) is 8.22. The molecule has 0 spiro atoms. The first-order chi connectivity index (χ1) is 20.4. The van der Waals surface area contributed by atoms with Gasteiger partial charge in [0, 0.05) is 28.7 Å². The third kappa shape index (κ3) is 5.13. The van der Waals surface area contributed by atoms with E-state index in [0.717, 1.165) is 97.8 Å². The molecule has 3 aromatic rings. The Bertz CT molecular complexity index is 1440. The van der Waals surface area contributed by atoms with Crippen LogP contribution >= 0.6 is 0 Å². The fourth-order valence-electron chi connectivity index (χ4n) is 7.19. The van der Waals surface area contributed by atoms with Crippen LogP contribution in [0.15, 0.2) is 36.4 Å². The first-order valence-electron chi connectivity index (χ1n) is 15.4. The van der Waals surface area contributed by atoms with Gasteiger partial charge in [0.1, 0.15) is 23.4 Å². The Hall–Kier alpha value is -3.58. The molecule has 1 fully saturated rings. The number of hydrogen-bond acceptors (Lipinski definition) is 7. The van der Waals surface area contributed by atoms with E-state index in [1.165, 1.54) is 7.11 Å². The Balaban J connectivity index is 1.46. The lowest BCUT2D eigenvalue weighted by atomic mass is 9.74. The first kappa shape index (κ1) is 28.5. The molecule has 6 rings (SSSR count). The van der Waals surface area contributed by atoms with Crippen LogP contribution in [0.1, 0.15) is 92.6 Å². The van der Waals surface area contributed by atoms with Gasteiger partial charge in [0.25, 0.3) is 0 Å². The molecule has 3 N–H and O–H groups in total. The molecule has 3 aromatic carbocycles. The van der Waals surface area contributed by atoms with Gasteiger partial charge in [-0.2, -0.15) is 0 Å². The van der Waals surface area contributed by atoms with Crippen molar-refractivity contribution < 1.29 is 34.3 Å². The van der Waals surface area contributed by atoms with E-state index in [-0.39, 0.29) is 23.5 Å². The number of ether oxygens (including phenoxy) is 4. The van der Waals surface area contributed by atoms with Crippen LogP contribution in [0.3, 0.4) is 0 Å². The van der Waals surface area contributed by atoms with Crippen LogP contribution in [0.5, 0.6) is 34.5 Å². The highest BCUT2D eigenvalue weighted by Gasteiger charge is 2.42. The summed E-state index contributed by atoms with van der Waals surface area (Å²) < 4.78 is 24.4. The SMILES string of the molecule is CCCCCC1c2c(cc(OC)c3c2CCc2cc(O)ccc2-3)OC(c2cc(OC)c(O)c(OC3CCCC3)c2)C1O. The van der Waals surface area contributed by atoms with Crippen LogP contribution in [-0.4, -0.2) is 41.7 Å². The molecule has 0 amide bonds. The highest BCUT2D eigenvalue weighted by molar-refractivity contribution is 5.82. The molecule has 0 bridgehead atoms. The average molecular weight is 575 g/mol. The van der Waals surface area contributed by atoms with Crippen molar-refractivity contribution in [2.24, 2.45) is 0 Å². The lowest BCUT2D eigenvalue weighted by Gasteiger charge is -2.40. The molecule has 3 atom stereocenters. The summed E-state index contributed by atoms with van der Waals surface area (Å²) in [4.78, 5) is 0. The molecule has 0 aromatic heterocycles. The number of phenolic OH excluding ortho intramolecular Hbond substituents is 2. The van der Waals surface area contributed by atoms with E-state index in [1.807, 2.05) is 18.2 Å². The lowest BCUT2D eigenvalue weighted by molar-refractivity contribution is -0.00359. The molecule has 42 heavy (non-hydrogen) atoms. The summed E-state index contributed by atoms with van der Waals surface area (Å²) in [5, 5.41) is 33.1. The van der Waals surface area contributed by atoms with E-state index in [9.17, 15) is 15.3 Å². The fraction of sp³-hybridized carbons (Fsp3) is 0.486. The zero-order chi connectivity index (χ0) is 29.4. The van der Waals surface area contributed by atoms with Crippen molar-refractivity contribution >= 4 is 0 Å². The highest BCUT2D eigenvalue weighted by Crippen LogP contribution is 2.54. The van der Waals surface area contributed by atoms with Crippen LogP contribution in [0.4, 0.5) is 0 Å². The van der Waals surface area contributed by atoms with E-state index in [0.29, 0.717) is 22.8 Å². The number of aromatic hydroxyl groups is 2. The van der Waals surface area contributed by atoms with Gasteiger partial charge in [-0.15, -0.1) is 0 Å². The van der Waals surface area contributed by atoms with Crippen LogP contribution < -0.4 is 18.9 Å². The minimum absolute atomic E-state index is 0.0289. The third-order valence-electron chi connectivity index (χ3n) is 9.30. The van der Waals surface area contributed by atoms with E-state index in [2.05, 4.69) is 6.92 Å². The molecule has 3 aliphatic rings. The van der Waals surface area contributed by atoms with Crippen molar-refractivity contribution in [1.82, 2.24) is 0 Å². The monoisotopic (exact) mass is 574 g/mol. The zero-order valence-electron chi connectivity index (χ0n) is 24.8. The minimum atomic E-state index is -0.818. The van der Waals surface area contributed by atoms with Gasteiger partial charge >= 0.3 is 0 Å².